The van der Waals surface area contributed by atoms with Crippen molar-refractivity contribution in [1.29, 1.82) is 0 Å². The Hall–Kier alpha value is -0.680. The van der Waals surface area contributed by atoms with Crippen molar-refractivity contribution in [2.75, 3.05) is 12.4 Å². The molecule has 1 aromatic heterocycles. The highest BCUT2D eigenvalue weighted by Crippen LogP contribution is 2.31. The molecule has 0 saturated heterocycles. The molecule has 1 atom stereocenters. The van der Waals surface area contributed by atoms with E-state index in [0.29, 0.717) is 5.11 Å². The molecular weight excluding hydrogens is 226 g/mol. The van der Waals surface area contributed by atoms with Crippen molar-refractivity contribution in [3.05, 3.63) is 10.6 Å². The summed E-state index contributed by atoms with van der Waals surface area (Å²) in [7, 11) is 1.81. The van der Waals surface area contributed by atoms with Crippen LogP contribution in [0.1, 0.15) is 23.9 Å². The van der Waals surface area contributed by atoms with E-state index in [2.05, 4.69) is 22.5 Å². The predicted molar refractivity (Wildman–Crippen MR) is 68.6 cm³/mol. The third-order valence-corrected chi connectivity index (χ3v) is 3.98. The van der Waals surface area contributed by atoms with E-state index in [9.17, 15) is 0 Å². The number of thiazole rings is 1. The lowest BCUT2D eigenvalue weighted by molar-refractivity contribution is 0.502. The number of hydrogen-bond acceptors (Lipinski definition) is 3. The molecule has 0 amide bonds. The van der Waals surface area contributed by atoms with Crippen LogP contribution in [0.25, 0.3) is 0 Å². The van der Waals surface area contributed by atoms with Crippen molar-refractivity contribution < 1.29 is 0 Å². The van der Waals surface area contributed by atoms with Crippen LogP contribution in [-0.2, 0) is 12.8 Å². The number of hydrogen-bond donors (Lipinski definition) is 2. The number of thiocarbonyl (C=S) groups is 1. The molecule has 0 radical (unpaired) electrons. The van der Waals surface area contributed by atoms with Gasteiger partial charge in [-0.15, -0.1) is 11.3 Å². The van der Waals surface area contributed by atoms with Gasteiger partial charge in [-0.25, -0.2) is 4.98 Å². The first kappa shape index (κ1) is 10.8. The van der Waals surface area contributed by atoms with Crippen LogP contribution in [0.3, 0.4) is 0 Å². The lowest BCUT2D eigenvalue weighted by atomic mass is 9.93. The van der Waals surface area contributed by atoms with E-state index < -0.39 is 0 Å². The molecule has 0 fully saturated rings. The molecular formula is C10H15N3S2. The van der Waals surface area contributed by atoms with Crippen molar-refractivity contribution >= 4 is 33.8 Å². The Kier molecular flexibility index (Phi) is 3.21. The summed E-state index contributed by atoms with van der Waals surface area (Å²) >= 11 is 6.78. The number of anilines is 1. The third-order valence-electron chi connectivity index (χ3n) is 2.63. The van der Waals surface area contributed by atoms with Gasteiger partial charge in [0.05, 0.1) is 5.69 Å². The Balaban J connectivity index is 2.12. The van der Waals surface area contributed by atoms with E-state index >= 15 is 0 Å². The smallest absolute Gasteiger partial charge is 0.189 e. The maximum absolute atomic E-state index is 5.05. The van der Waals surface area contributed by atoms with Gasteiger partial charge in [0.25, 0.3) is 0 Å². The van der Waals surface area contributed by atoms with E-state index in [1.165, 1.54) is 23.4 Å². The Morgan fingerprint density at radius 3 is 3.13 bits per heavy atom. The molecule has 82 valence electrons. The van der Waals surface area contributed by atoms with Gasteiger partial charge >= 0.3 is 0 Å². The minimum absolute atomic E-state index is 0.633. The molecule has 0 bridgehead atoms. The maximum atomic E-state index is 5.05. The van der Waals surface area contributed by atoms with Gasteiger partial charge in [0, 0.05) is 11.9 Å². The van der Waals surface area contributed by atoms with Crippen molar-refractivity contribution in [1.82, 2.24) is 10.3 Å². The molecule has 0 spiro atoms. The first-order valence-corrected chi connectivity index (χ1v) is 6.39. The average Bonchev–Trinajstić information content (AvgIpc) is 2.59. The van der Waals surface area contributed by atoms with E-state index in [1.807, 2.05) is 7.05 Å². The lowest BCUT2D eigenvalue weighted by Gasteiger charge is -2.15. The molecule has 5 heteroatoms. The van der Waals surface area contributed by atoms with Crippen LogP contribution in [0.4, 0.5) is 5.13 Å². The zero-order chi connectivity index (χ0) is 10.8. The van der Waals surface area contributed by atoms with Crippen LogP contribution < -0.4 is 10.6 Å². The summed E-state index contributed by atoms with van der Waals surface area (Å²) in [5.74, 6) is 0.794. The first-order chi connectivity index (χ1) is 7.19. The summed E-state index contributed by atoms with van der Waals surface area (Å²) in [6.07, 6.45) is 3.54. The number of rotatable bonds is 1. The van der Waals surface area contributed by atoms with Crippen LogP contribution in [0.5, 0.6) is 0 Å². The Labute approximate surface area is 99.3 Å². The Morgan fingerprint density at radius 2 is 2.40 bits per heavy atom. The largest absolute Gasteiger partial charge is 0.365 e. The first-order valence-electron chi connectivity index (χ1n) is 5.16. The number of nitrogens with one attached hydrogen (secondary N) is 2. The topological polar surface area (TPSA) is 37.0 Å². The van der Waals surface area contributed by atoms with Crippen LogP contribution in [0.2, 0.25) is 0 Å². The number of aromatic nitrogens is 1. The molecule has 1 aromatic rings. The molecule has 2 rings (SSSR count). The predicted octanol–water partition coefficient (Wildman–Crippen LogP) is 2.18. The molecule has 1 unspecified atom stereocenters. The summed E-state index contributed by atoms with van der Waals surface area (Å²) in [5, 5.41) is 7.54. The summed E-state index contributed by atoms with van der Waals surface area (Å²) in [6, 6.07) is 0. The van der Waals surface area contributed by atoms with Gasteiger partial charge in [-0.2, -0.15) is 0 Å². The van der Waals surface area contributed by atoms with Gasteiger partial charge in [0.1, 0.15) is 0 Å². The van der Waals surface area contributed by atoms with E-state index in [4.69, 9.17) is 12.2 Å². The second kappa shape index (κ2) is 4.45. The van der Waals surface area contributed by atoms with Gasteiger partial charge in [-0.05, 0) is 37.4 Å². The van der Waals surface area contributed by atoms with Crippen LogP contribution in [0, 0.1) is 5.92 Å². The second-order valence-corrected chi connectivity index (χ2v) is 5.43. The fourth-order valence-corrected chi connectivity index (χ4v) is 3.09. The van der Waals surface area contributed by atoms with Gasteiger partial charge < -0.3 is 10.6 Å². The SMILES string of the molecule is CNC(=S)Nc1nc2c(s1)CC(C)CC2. The summed E-state index contributed by atoms with van der Waals surface area (Å²) < 4.78 is 0. The van der Waals surface area contributed by atoms with Crippen LogP contribution >= 0.6 is 23.6 Å². The molecule has 1 aliphatic carbocycles. The van der Waals surface area contributed by atoms with Crippen molar-refractivity contribution in [2.45, 2.75) is 26.2 Å². The minimum Gasteiger partial charge on any atom is -0.365 e. The zero-order valence-electron chi connectivity index (χ0n) is 8.96. The maximum Gasteiger partial charge on any atom is 0.189 e. The van der Waals surface area contributed by atoms with Gasteiger partial charge in [0.15, 0.2) is 10.2 Å². The van der Waals surface area contributed by atoms with E-state index in [-0.39, 0.29) is 0 Å². The van der Waals surface area contributed by atoms with Crippen LogP contribution in [-0.4, -0.2) is 17.1 Å². The second-order valence-electron chi connectivity index (χ2n) is 3.94. The molecule has 0 aromatic carbocycles. The number of aryl methyl sites for hydroxylation is 1. The van der Waals surface area contributed by atoms with Crippen molar-refractivity contribution in [3.8, 4) is 0 Å². The number of nitrogens with zero attached hydrogens (tertiary/aromatic N) is 1. The Morgan fingerprint density at radius 1 is 1.60 bits per heavy atom. The normalized spacial score (nSPS) is 19.5. The molecule has 1 heterocycles. The standard InChI is InChI=1S/C10H15N3S2/c1-6-3-4-7-8(5-6)15-10(12-7)13-9(14)11-2/h6H,3-5H2,1-2H3,(H2,11,12,13,14). The average molecular weight is 241 g/mol. The molecule has 0 saturated carbocycles. The van der Waals surface area contributed by atoms with Crippen LogP contribution in [0.15, 0.2) is 0 Å². The van der Waals surface area contributed by atoms with E-state index in [0.717, 1.165) is 17.5 Å². The monoisotopic (exact) mass is 241 g/mol. The minimum atomic E-state index is 0.633. The van der Waals surface area contributed by atoms with Gasteiger partial charge in [-0.3, -0.25) is 0 Å². The summed E-state index contributed by atoms with van der Waals surface area (Å²) in [6.45, 7) is 2.30. The molecule has 15 heavy (non-hydrogen) atoms. The lowest BCUT2D eigenvalue weighted by Crippen LogP contribution is -2.23. The summed E-state index contributed by atoms with van der Waals surface area (Å²) in [5.41, 5.74) is 1.26. The van der Waals surface area contributed by atoms with Gasteiger partial charge in [0.2, 0.25) is 0 Å². The number of fused-ring (bicyclic) bond motifs is 1. The van der Waals surface area contributed by atoms with Crippen molar-refractivity contribution in [3.63, 3.8) is 0 Å². The highest BCUT2D eigenvalue weighted by Gasteiger charge is 2.19. The van der Waals surface area contributed by atoms with Crippen molar-refractivity contribution in [2.24, 2.45) is 5.92 Å². The third kappa shape index (κ3) is 2.46. The molecule has 2 N–H and O–H groups in total. The van der Waals surface area contributed by atoms with E-state index in [1.54, 1.807) is 11.3 Å². The highest BCUT2D eigenvalue weighted by atomic mass is 32.1. The summed E-state index contributed by atoms with van der Waals surface area (Å²) in [4.78, 5) is 5.98. The molecule has 0 aliphatic heterocycles. The fourth-order valence-electron chi connectivity index (χ4n) is 1.75. The Bertz CT molecular complexity index is 373. The zero-order valence-corrected chi connectivity index (χ0v) is 10.6. The molecule has 1 aliphatic rings. The highest BCUT2D eigenvalue weighted by molar-refractivity contribution is 7.80. The van der Waals surface area contributed by atoms with Gasteiger partial charge in [-0.1, -0.05) is 6.92 Å². The molecule has 3 nitrogen and oxygen atoms in total. The quantitative estimate of drug-likeness (QED) is 0.739. The fraction of sp³-hybridized carbons (Fsp3) is 0.600.